The van der Waals surface area contributed by atoms with Crippen LogP contribution >= 0.6 is 0 Å². The van der Waals surface area contributed by atoms with Gasteiger partial charge >= 0.3 is 0 Å². The summed E-state index contributed by atoms with van der Waals surface area (Å²) in [6.07, 6.45) is 1.96. The van der Waals surface area contributed by atoms with E-state index in [1.165, 1.54) is 6.07 Å². The molecule has 6 nitrogen and oxygen atoms in total. The number of rotatable bonds is 4. The molecule has 0 saturated carbocycles. The minimum atomic E-state index is -0.371. The van der Waals surface area contributed by atoms with Gasteiger partial charge in [-0.15, -0.1) is 0 Å². The Labute approximate surface area is 111 Å². The first-order valence-electron chi connectivity index (χ1n) is 5.95. The van der Waals surface area contributed by atoms with E-state index in [1.807, 2.05) is 20.2 Å². The summed E-state index contributed by atoms with van der Waals surface area (Å²) < 4.78 is 1.77. The lowest BCUT2D eigenvalue weighted by Crippen LogP contribution is -2.01. The number of hydrogen-bond donors (Lipinski definition) is 1. The Kier molecular flexibility index (Phi) is 3.50. The summed E-state index contributed by atoms with van der Waals surface area (Å²) in [4.78, 5) is 10.4. The first-order valence-corrected chi connectivity index (χ1v) is 5.95. The van der Waals surface area contributed by atoms with Crippen LogP contribution in [0.3, 0.4) is 0 Å². The lowest BCUT2D eigenvalue weighted by Gasteiger charge is -2.06. The predicted molar refractivity (Wildman–Crippen MR) is 73.1 cm³/mol. The van der Waals surface area contributed by atoms with Crippen LogP contribution in [0, 0.1) is 24.0 Å². The number of anilines is 1. The molecular weight excluding hydrogens is 244 g/mol. The Hall–Kier alpha value is -2.37. The Morgan fingerprint density at radius 3 is 2.68 bits per heavy atom. The molecule has 1 aromatic carbocycles. The summed E-state index contributed by atoms with van der Waals surface area (Å²) in [7, 11) is 1.88. The fourth-order valence-corrected chi connectivity index (χ4v) is 1.99. The molecular formula is C13H16N4O2. The molecule has 0 fully saturated rings. The molecule has 0 atom stereocenters. The summed E-state index contributed by atoms with van der Waals surface area (Å²) in [5.74, 6) is 0. The number of nitro groups is 1. The van der Waals surface area contributed by atoms with Gasteiger partial charge in [-0.2, -0.15) is 5.10 Å². The van der Waals surface area contributed by atoms with Crippen molar-refractivity contribution in [3.05, 3.63) is 51.3 Å². The number of aryl methyl sites for hydroxylation is 3. The van der Waals surface area contributed by atoms with E-state index in [-0.39, 0.29) is 10.6 Å². The summed E-state index contributed by atoms with van der Waals surface area (Å²) in [6, 6.07) is 5.02. The second-order valence-electron chi connectivity index (χ2n) is 4.53. The second-order valence-corrected chi connectivity index (χ2v) is 4.53. The fourth-order valence-electron chi connectivity index (χ4n) is 1.99. The van der Waals surface area contributed by atoms with Crippen molar-refractivity contribution in [3.63, 3.8) is 0 Å². The Morgan fingerprint density at radius 2 is 2.16 bits per heavy atom. The van der Waals surface area contributed by atoms with E-state index in [0.717, 1.165) is 16.9 Å². The van der Waals surface area contributed by atoms with Gasteiger partial charge in [-0.25, -0.2) is 0 Å². The van der Waals surface area contributed by atoms with Gasteiger partial charge in [0.05, 0.1) is 10.6 Å². The van der Waals surface area contributed by atoms with Crippen LogP contribution < -0.4 is 5.32 Å². The van der Waals surface area contributed by atoms with Gasteiger partial charge in [0, 0.05) is 42.7 Å². The highest BCUT2D eigenvalue weighted by molar-refractivity contribution is 5.53. The lowest BCUT2D eigenvalue weighted by atomic mass is 10.1. The van der Waals surface area contributed by atoms with Crippen molar-refractivity contribution in [2.45, 2.75) is 20.4 Å². The van der Waals surface area contributed by atoms with Crippen LogP contribution in [0.2, 0.25) is 0 Å². The van der Waals surface area contributed by atoms with Gasteiger partial charge in [0.2, 0.25) is 0 Å². The number of nitro benzene ring substituents is 1. The molecule has 1 heterocycles. The Bertz CT molecular complexity index is 619. The highest BCUT2D eigenvalue weighted by Crippen LogP contribution is 2.22. The fraction of sp³-hybridized carbons (Fsp3) is 0.308. The maximum Gasteiger partial charge on any atom is 0.272 e. The quantitative estimate of drug-likeness (QED) is 0.677. The van der Waals surface area contributed by atoms with E-state index >= 15 is 0 Å². The minimum Gasteiger partial charge on any atom is -0.381 e. The van der Waals surface area contributed by atoms with Gasteiger partial charge in [0.15, 0.2) is 0 Å². The minimum absolute atomic E-state index is 0.142. The normalized spacial score (nSPS) is 10.5. The van der Waals surface area contributed by atoms with E-state index in [4.69, 9.17) is 0 Å². The largest absolute Gasteiger partial charge is 0.381 e. The Balaban J connectivity index is 2.10. The van der Waals surface area contributed by atoms with Crippen LogP contribution in [0.4, 0.5) is 11.4 Å². The molecule has 0 spiro atoms. The van der Waals surface area contributed by atoms with Crippen molar-refractivity contribution in [1.29, 1.82) is 0 Å². The third kappa shape index (κ3) is 2.90. The van der Waals surface area contributed by atoms with Gasteiger partial charge in [0.1, 0.15) is 0 Å². The van der Waals surface area contributed by atoms with Crippen LogP contribution in [0.1, 0.15) is 16.8 Å². The smallest absolute Gasteiger partial charge is 0.272 e. The highest BCUT2D eigenvalue weighted by atomic mass is 16.6. The van der Waals surface area contributed by atoms with E-state index < -0.39 is 0 Å². The number of hydrogen-bond acceptors (Lipinski definition) is 4. The van der Waals surface area contributed by atoms with Crippen LogP contribution in [0.5, 0.6) is 0 Å². The van der Waals surface area contributed by atoms with E-state index in [2.05, 4.69) is 10.4 Å². The van der Waals surface area contributed by atoms with Crippen molar-refractivity contribution >= 4 is 11.4 Å². The van der Waals surface area contributed by atoms with E-state index in [9.17, 15) is 10.1 Å². The SMILES string of the molecule is Cc1cc(NCc2cn(C)nc2C)ccc1[N+](=O)[O-]. The second kappa shape index (κ2) is 5.09. The topological polar surface area (TPSA) is 73.0 Å². The van der Waals surface area contributed by atoms with Crippen molar-refractivity contribution in [2.75, 3.05) is 5.32 Å². The monoisotopic (exact) mass is 260 g/mol. The van der Waals surface area contributed by atoms with Crippen molar-refractivity contribution in [3.8, 4) is 0 Å². The summed E-state index contributed by atoms with van der Waals surface area (Å²) in [5.41, 5.74) is 3.75. The molecule has 0 radical (unpaired) electrons. The maximum atomic E-state index is 10.7. The molecule has 1 aromatic heterocycles. The molecule has 6 heteroatoms. The molecule has 2 aromatic rings. The molecule has 0 aliphatic rings. The highest BCUT2D eigenvalue weighted by Gasteiger charge is 2.10. The first kappa shape index (κ1) is 13.1. The third-order valence-corrected chi connectivity index (χ3v) is 2.99. The van der Waals surface area contributed by atoms with Gasteiger partial charge < -0.3 is 5.32 Å². The molecule has 0 bridgehead atoms. The lowest BCUT2D eigenvalue weighted by molar-refractivity contribution is -0.385. The molecule has 0 aliphatic heterocycles. The van der Waals surface area contributed by atoms with Gasteiger partial charge in [-0.05, 0) is 26.0 Å². The zero-order valence-electron chi connectivity index (χ0n) is 11.2. The van der Waals surface area contributed by atoms with Crippen molar-refractivity contribution in [2.24, 2.45) is 7.05 Å². The zero-order chi connectivity index (χ0) is 14.0. The molecule has 2 rings (SSSR count). The molecule has 0 aliphatic carbocycles. The number of nitrogens with zero attached hydrogens (tertiary/aromatic N) is 3. The van der Waals surface area contributed by atoms with E-state index in [1.54, 1.807) is 23.7 Å². The third-order valence-electron chi connectivity index (χ3n) is 2.99. The standard InChI is InChI=1S/C13H16N4O2/c1-9-6-12(4-5-13(9)17(18)19)14-7-11-8-16(3)15-10(11)2/h4-6,8,14H,7H2,1-3H3. The molecule has 100 valence electrons. The predicted octanol–water partition coefficient (Wildman–Crippen LogP) is 2.56. The molecule has 0 saturated heterocycles. The summed E-state index contributed by atoms with van der Waals surface area (Å²) in [6.45, 7) is 4.34. The van der Waals surface area contributed by atoms with Gasteiger partial charge in [-0.1, -0.05) is 0 Å². The van der Waals surface area contributed by atoms with Crippen molar-refractivity contribution in [1.82, 2.24) is 9.78 Å². The number of benzene rings is 1. The van der Waals surface area contributed by atoms with Gasteiger partial charge in [-0.3, -0.25) is 14.8 Å². The van der Waals surface area contributed by atoms with Crippen LogP contribution in [-0.2, 0) is 13.6 Å². The van der Waals surface area contributed by atoms with E-state index in [0.29, 0.717) is 12.1 Å². The van der Waals surface area contributed by atoms with Gasteiger partial charge in [0.25, 0.3) is 5.69 Å². The average molecular weight is 260 g/mol. The van der Waals surface area contributed by atoms with Crippen LogP contribution in [0.15, 0.2) is 24.4 Å². The Morgan fingerprint density at radius 1 is 1.42 bits per heavy atom. The zero-order valence-corrected chi connectivity index (χ0v) is 11.2. The molecule has 0 unspecified atom stereocenters. The molecule has 19 heavy (non-hydrogen) atoms. The number of nitrogens with one attached hydrogen (secondary N) is 1. The molecule has 1 N–H and O–H groups in total. The summed E-state index contributed by atoms with van der Waals surface area (Å²) >= 11 is 0. The molecule has 0 amide bonds. The number of aromatic nitrogens is 2. The summed E-state index contributed by atoms with van der Waals surface area (Å²) in [5, 5.41) is 18.2. The first-order chi connectivity index (χ1) is 8.97. The van der Waals surface area contributed by atoms with Crippen LogP contribution in [0.25, 0.3) is 0 Å². The average Bonchev–Trinajstić information content (AvgIpc) is 2.65. The van der Waals surface area contributed by atoms with Crippen LogP contribution in [-0.4, -0.2) is 14.7 Å². The van der Waals surface area contributed by atoms with Crippen molar-refractivity contribution < 1.29 is 4.92 Å². The maximum absolute atomic E-state index is 10.7.